The largest absolute Gasteiger partial charge is 0.497 e. The summed E-state index contributed by atoms with van der Waals surface area (Å²) in [7, 11) is -2.33. The molecule has 4 aromatic rings. The van der Waals surface area contributed by atoms with Gasteiger partial charge in [-0.1, -0.05) is 24.3 Å². The molecule has 1 atom stereocenters. The minimum Gasteiger partial charge on any atom is -0.497 e. The van der Waals surface area contributed by atoms with Crippen LogP contribution < -0.4 is 15.2 Å². The quantitative estimate of drug-likeness (QED) is 0.454. The number of pyridine rings is 1. The number of Topliss-reactive ketones (excluding diaryl/α,β-unsaturated/α-hetero) is 1. The Kier molecular flexibility index (Phi) is 5.48. The average molecular weight is 476 g/mol. The lowest BCUT2D eigenvalue weighted by atomic mass is 9.94. The van der Waals surface area contributed by atoms with Crippen molar-refractivity contribution in [1.82, 2.24) is 19.9 Å². The van der Waals surface area contributed by atoms with Crippen molar-refractivity contribution < 1.29 is 17.9 Å². The molecular formula is C24H21N5O4S. The first-order chi connectivity index (χ1) is 16.4. The fraction of sp³-hybridized carbons (Fsp3) is 0.125. The van der Waals surface area contributed by atoms with E-state index in [0.29, 0.717) is 29.1 Å². The predicted octanol–water partition coefficient (Wildman–Crippen LogP) is 2.62. The molecule has 1 aliphatic rings. The van der Waals surface area contributed by atoms with Gasteiger partial charge in [-0.15, -0.1) is 0 Å². The number of hydrogen-bond acceptors (Lipinski definition) is 7. The van der Waals surface area contributed by atoms with Crippen LogP contribution in [0.3, 0.4) is 0 Å². The number of ether oxygens (including phenoxy) is 1. The lowest BCUT2D eigenvalue weighted by Crippen LogP contribution is -2.35. The van der Waals surface area contributed by atoms with Crippen LogP contribution >= 0.6 is 0 Å². The van der Waals surface area contributed by atoms with E-state index >= 15 is 0 Å². The Labute approximate surface area is 196 Å². The maximum absolute atomic E-state index is 13.5. The van der Waals surface area contributed by atoms with Gasteiger partial charge in [-0.25, -0.2) is 18.5 Å². The van der Waals surface area contributed by atoms with Gasteiger partial charge in [0.25, 0.3) is 0 Å². The van der Waals surface area contributed by atoms with Gasteiger partial charge in [-0.05, 0) is 41.5 Å². The minimum absolute atomic E-state index is 0.0531. The summed E-state index contributed by atoms with van der Waals surface area (Å²) < 4.78 is 30.9. The zero-order chi connectivity index (χ0) is 23.9. The molecule has 5 rings (SSSR count). The van der Waals surface area contributed by atoms with Crippen LogP contribution in [0.15, 0.2) is 78.2 Å². The maximum atomic E-state index is 13.5. The fourth-order valence-electron chi connectivity index (χ4n) is 4.11. The molecule has 0 saturated heterocycles. The molecule has 1 aliphatic heterocycles. The van der Waals surface area contributed by atoms with E-state index < -0.39 is 16.1 Å². The molecule has 1 unspecified atom stereocenters. The molecule has 2 aromatic carbocycles. The Morgan fingerprint density at radius 1 is 1.09 bits per heavy atom. The van der Waals surface area contributed by atoms with Crippen molar-refractivity contribution in [2.45, 2.75) is 17.5 Å². The summed E-state index contributed by atoms with van der Waals surface area (Å²) in [6.45, 7) is 0.441. The van der Waals surface area contributed by atoms with Crippen molar-refractivity contribution >= 4 is 15.8 Å². The minimum atomic E-state index is -3.93. The number of nitrogens with zero attached hydrogens (tertiary/aromatic N) is 3. The number of benzene rings is 2. The lowest BCUT2D eigenvalue weighted by molar-refractivity contribution is 0.0922. The van der Waals surface area contributed by atoms with Crippen molar-refractivity contribution in [2.75, 3.05) is 7.11 Å². The van der Waals surface area contributed by atoms with Crippen LogP contribution in [0.1, 0.15) is 27.8 Å². The number of nitrogens with one attached hydrogen (secondary N) is 1. The van der Waals surface area contributed by atoms with Gasteiger partial charge in [0, 0.05) is 30.2 Å². The number of primary sulfonamides is 1. The molecule has 2 aromatic heterocycles. The SMILES string of the molecule is COc1ccc(-n2cnc3c2C(=O)C(c2ccc(-c4ccncc4S(N)(=O)=O)cc2)NC3)cc1. The summed E-state index contributed by atoms with van der Waals surface area (Å²) >= 11 is 0. The van der Waals surface area contributed by atoms with Gasteiger partial charge in [0.15, 0.2) is 0 Å². The van der Waals surface area contributed by atoms with Crippen molar-refractivity contribution in [3.05, 3.63) is 90.3 Å². The number of carbonyl (C=O) groups excluding carboxylic acids is 1. The van der Waals surface area contributed by atoms with Crippen molar-refractivity contribution in [2.24, 2.45) is 5.14 Å². The van der Waals surface area contributed by atoms with Crippen LogP contribution in [0.5, 0.6) is 5.75 Å². The van der Waals surface area contributed by atoms with Crippen molar-refractivity contribution in [3.8, 4) is 22.6 Å². The predicted molar refractivity (Wildman–Crippen MR) is 125 cm³/mol. The first-order valence-electron chi connectivity index (χ1n) is 10.4. The molecule has 9 nitrogen and oxygen atoms in total. The van der Waals surface area contributed by atoms with Crippen LogP contribution in [0.2, 0.25) is 0 Å². The van der Waals surface area contributed by atoms with Gasteiger partial charge in [-0.2, -0.15) is 0 Å². The first-order valence-corrected chi connectivity index (χ1v) is 12.0. The average Bonchev–Trinajstić information content (AvgIpc) is 3.29. The standard InChI is InChI=1S/C24H21N5O4S/c1-33-18-8-6-17(7-9-18)29-14-28-20-12-27-22(24(30)23(20)29)16-4-2-15(3-5-16)19-10-11-26-13-21(19)34(25,31)32/h2-11,13-14,22,27H,12H2,1H3,(H2,25,31,32). The number of rotatable bonds is 5. The number of aromatic nitrogens is 3. The summed E-state index contributed by atoms with van der Waals surface area (Å²) in [5.41, 5.74) is 3.89. The monoisotopic (exact) mass is 475 g/mol. The summed E-state index contributed by atoms with van der Waals surface area (Å²) in [6, 6.07) is 15.6. The topological polar surface area (TPSA) is 129 Å². The molecule has 0 bridgehead atoms. The first kappa shape index (κ1) is 22.0. The van der Waals surface area contributed by atoms with Crippen LogP contribution in [-0.4, -0.2) is 35.8 Å². The molecule has 3 heterocycles. The van der Waals surface area contributed by atoms with E-state index in [9.17, 15) is 13.2 Å². The Hall–Kier alpha value is -3.86. The number of hydrogen-bond donors (Lipinski definition) is 2. The molecular weight excluding hydrogens is 454 g/mol. The van der Waals surface area contributed by atoms with Crippen LogP contribution in [0.4, 0.5) is 0 Å². The lowest BCUT2D eigenvalue weighted by Gasteiger charge is -2.24. The number of imidazole rings is 1. The summed E-state index contributed by atoms with van der Waals surface area (Å²) in [5.74, 6) is 0.625. The number of sulfonamides is 1. The number of methoxy groups -OCH3 is 1. The highest BCUT2D eigenvalue weighted by atomic mass is 32.2. The number of carbonyl (C=O) groups is 1. The van der Waals surface area contributed by atoms with E-state index in [2.05, 4.69) is 15.3 Å². The molecule has 34 heavy (non-hydrogen) atoms. The summed E-state index contributed by atoms with van der Waals surface area (Å²) in [5, 5.41) is 8.58. The Morgan fingerprint density at radius 2 is 1.82 bits per heavy atom. The van der Waals surface area contributed by atoms with Crippen molar-refractivity contribution in [1.29, 1.82) is 0 Å². The highest BCUT2D eigenvalue weighted by Gasteiger charge is 2.32. The summed E-state index contributed by atoms with van der Waals surface area (Å²) in [6.07, 6.45) is 4.38. The van der Waals surface area contributed by atoms with Crippen molar-refractivity contribution in [3.63, 3.8) is 0 Å². The van der Waals surface area contributed by atoms with Crippen LogP contribution in [-0.2, 0) is 16.6 Å². The Morgan fingerprint density at radius 3 is 2.50 bits per heavy atom. The van der Waals surface area contributed by atoms with E-state index in [0.717, 1.165) is 17.0 Å². The van der Waals surface area contributed by atoms with E-state index in [1.165, 1.54) is 12.4 Å². The van der Waals surface area contributed by atoms with Gasteiger partial charge in [-0.3, -0.25) is 19.7 Å². The number of fused-ring (bicyclic) bond motifs is 1. The molecule has 0 amide bonds. The van der Waals surface area contributed by atoms with Gasteiger partial charge < -0.3 is 4.74 Å². The van der Waals surface area contributed by atoms with Gasteiger partial charge >= 0.3 is 0 Å². The third-order valence-electron chi connectivity index (χ3n) is 5.81. The van der Waals surface area contributed by atoms with Crippen LogP contribution in [0, 0.1) is 0 Å². The molecule has 0 radical (unpaired) electrons. The van der Waals surface area contributed by atoms with E-state index in [-0.39, 0.29) is 10.7 Å². The van der Waals surface area contributed by atoms with E-state index in [1.807, 2.05) is 24.3 Å². The second kappa shape index (κ2) is 8.49. The molecule has 10 heteroatoms. The highest BCUT2D eigenvalue weighted by Crippen LogP contribution is 2.31. The van der Waals surface area contributed by atoms with E-state index in [4.69, 9.17) is 9.88 Å². The molecule has 0 spiro atoms. The second-order valence-corrected chi connectivity index (χ2v) is 9.35. The zero-order valence-electron chi connectivity index (χ0n) is 18.2. The molecule has 0 saturated carbocycles. The third kappa shape index (κ3) is 3.87. The number of nitrogens with two attached hydrogens (primary N) is 1. The zero-order valence-corrected chi connectivity index (χ0v) is 19.0. The van der Waals surface area contributed by atoms with E-state index in [1.54, 1.807) is 48.3 Å². The normalized spacial score (nSPS) is 15.7. The fourth-order valence-corrected chi connectivity index (χ4v) is 4.81. The summed E-state index contributed by atoms with van der Waals surface area (Å²) in [4.78, 5) is 21.7. The number of ketones is 1. The third-order valence-corrected chi connectivity index (χ3v) is 6.75. The van der Waals surface area contributed by atoms with Gasteiger partial charge in [0.1, 0.15) is 22.7 Å². The molecule has 0 aliphatic carbocycles. The molecule has 3 N–H and O–H groups in total. The molecule has 172 valence electrons. The second-order valence-electron chi connectivity index (χ2n) is 7.82. The molecule has 0 fully saturated rings. The maximum Gasteiger partial charge on any atom is 0.240 e. The van der Waals surface area contributed by atoms with Gasteiger partial charge in [0.2, 0.25) is 15.8 Å². The highest BCUT2D eigenvalue weighted by molar-refractivity contribution is 7.89. The Bertz CT molecular complexity index is 1480. The smallest absolute Gasteiger partial charge is 0.240 e. The van der Waals surface area contributed by atoms with Crippen LogP contribution in [0.25, 0.3) is 16.8 Å². The van der Waals surface area contributed by atoms with Gasteiger partial charge in [0.05, 0.1) is 18.8 Å². The Balaban J connectivity index is 1.47.